The first-order valence-electron chi connectivity index (χ1n) is 11.7. The summed E-state index contributed by atoms with van der Waals surface area (Å²) in [6.07, 6.45) is 0.834. The molecule has 0 heterocycles. The second-order valence-electron chi connectivity index (χ2n) is 6.48. The zero-order valence-electron chi connectivity index (χ0n) is 22.0. The van der Waals surface area contributed by atoms with Crippen LogP contribution in [0.2, 0.25) is 0 Å². The Labute approximate surface area is 268 Å². The highest BCUT2D eigenvalue weighted by Crippen LogP contribution is 2.10. The number of carbonyl (C=O) groups excluding carboxylic acids is 2. The van der Waals surface area contributed by atoms with E-state index in [-0.39, 0.29) is 30.1 Å². The van der Waals surface area contributed by atoms with Crippen LogP contribution in [0.5, 0.6) is 0 Å². The van der Waals surface area contributed by atoms with Gasteiger partial charge in [0, 0.05) is 40.3 Å². The molecule has 2 amide bonds. The van der Waals surface area contributed by atoms with Crippen LogP contribution in [0.4, 0.5) is 9.59 Å². The van der Waals surface area contributed by atoms with Gasteiger partial charge in [0.25, 0.3) is 5.24 Å². The summed E-state index contributed by atoms with van der Waals surface area (Å²) >= 11 is 10.6. The number of amides is 2. The molecule has 0 aliphatic carbocycles. The number of aliphatic hydroxyl groups excluding tert-OH is 2. The third-order valence-electron chi connectivity index (χ3n) is 3.48. The second-order valence-corrected chi connectivity index (χ2v) is 15.4. The van der Waals surface area contributed by atoms with Crippen LogP contribution < -0.4 is 10.6 Å². The summed E-state index contributed by atoms with van der Waals surface area (Å²) in [5.74, 6) is 8.49. The highest BCUT2D eigenvalue weighted by Gasteiger charge is 2.02. The van der Waals surface area contributed by atoms with Gasteiger partial charge in [0.15, 0.2) is 0 Å². The van der Waals surface area contributed by atoms with Crippen molar-refractivity contribution in [3.05, 3.63) is 0 Å². The van der Waals surface area contributed by atoms with Crippen molar-refractivity contribution in [1.29, 1.82) is 0 Å². The predicted molar refractivity (Wildman–Crippen MR) is 181 cm³/mol. The van der Waals surface area contributed by atoms with E-state index in [9.17, 15) is 13.8 Å². The van der Waals surface area contributed by atoms with Crippen LogP contribution in [0.1, 0.15) is 0 Å². The highest BCUT2D eigenvalue weighted by molar-refractivity contribution is 8.13. The van der Waals surface area contributed by atoms with E-state index in [2.05, 4.69) is 20.6 Å². The van der Waals surface area contributed by atoms with Gasteiger partial charge >= 0.3 is 6.09 Å². The van der Waals surface area contributed by atoms with E-state index in [4.69, 9.17) is 24.7 Å². The Morgan fingerprint density at radius 2 is 1.40 bits per heavy atom. The third-order valence-corrected chi connectivity index (χ3v) is 10.9. The average Bonchev–Trinajstić information content (AvgIpc) is 2.94. The fraction of sp³-hybridized carbons (Fsp3) is 0.800. The van der Waals surface area contributed by atoms with Gasteiger partial charge in [-0.3, -0.25) is 14.0 Å². The first-order valence-corrected chi connectivity index (χ1v) is 21.0. The minimum Gasteiger partial charge on any atom is -0.438 e. The van der Waals surface area contributed by atoms with E-state index in [1.165, 1.54) is 23.7 Å². The van der Waals surface area contributed by atoms with Crippen LogP contribution in [-0.4, -0.2) is 132 Å². The normalized spacial score (nSPS) is 12.2. The molecule has 234 valence electrons. The number of carbonyl (C=O) groups is 2. The van der Waals surface area contributed by atoms with E-state index >= 15 is 0 Å². The molecule has 0 aliphatic heterocycles. The first-order chi connectivity index (χ1) is 19.6. The summed E-state index contributed by atoms with van der Waals surface area (Å²) in [4.78, 5) is 41.0. The Hall–Kier alpha value is 0.360. The van der Waals surface area contributed by atoms with Gasteiger partial charge in [0.1, 0.15) is 11.9 Å². The van der Waals surface area contributed by atoms with E-state index < -0.39 is 16.9 Å². The molecule has 0 aromatic carbocycles. The molecular formula is C20H38N4O8S8. The lowest BCUT2D eigenvalue weighted by atomic mass is 10.9. The number of ether oxygens (including phenoxy) is 1. The summed E-state index contributed by atoms with van der Waals surface area (Å²) in [5.41, 5.74) is 1.37. The van der Waals surface area contributed by atoms with Gasteiger partial charge in [0.05, 0.1) is 58.8 Å². The van der Waals surface area contributed by atoms with Crippen molar-refractivity contribution >= 4 is 116 Å². The molecule has 0 aliphatic rings. The largest absolute Gasteiger partial charge is 0.438 e. The van der Waals surface area contributed by atoms with Crippen molar-refractivity contribution in [2.75, 3.05) is 94.6 Å². The summed E-state index contributed by atoms with van der Waals surface area (Å²) in [6.45, 7) is -0.115. The predicted octanol–water partition coefficient (Wildman–Crippen LogP) is 3.04. The molecule has 0 aromatic heterocycles. The Morgan fingerprint density at radius 1 is 0.775 bits per heavy atom. The Bertz CT molecular complexity index is 701. The zero-order valence-corrected chi connectivity index (χ0v) is 28.5. The van der Waals surface area contributed by atoms with Crippen LogP contribution in [0, 0.1) is 0 Å². The molecule has 12 nitrogen and oxygen atoms in total. The van der Waals surface area contributed by atoms with Crippen LogP contribution in [-0.2, 0) is 25.3 Å². The molecule has 40 heavy (non-hydrogen) atoms. The number of hydrogen-bond donors (Lipinski definition) is 4. The minimum absolute atomic E-state index is 0.00369. The molecule has 0 aromatic rings. The number of thioether (sulfide) groups is 7. The Kier molecular flexibility index (Phi) is 34.2. The summed E-state index contributed by atoms with van der Waals surface area (Å²) in [6, 6.07) is 0. The van der Waals surface area contributed by atoms with Crippen LogP contribution in [0.25, 0.3) is 0 Å². The number of hydrogen-bond acceptors (Lipinski definition) is 17. The lowest BCUT2D eigenvalue weighted by molar-refractivity contribution is -0.196. The van der Waals surface area contributed by atoms with Gasteiger partial charge in [0.2, 0.25) is 6.40 Å². The lowest BCUT2D eigenvalue weighted by Crippen LogP contribution is -2.24. The molecule has 1 atom stereocenters. The third kappa shape index (κ3) is 32.9. The molecule has 0 rings (SSSR count). The van der Waals surface area contributed by atoms with E-state index in [1.54, 1.807) is 58.8 Å². The lowest BCUT2D eigenvalue weighted by Gasteiger charge is -2.06. The first kappa shape index (κ1) is 40.4. The number of rotatable bonds is 28. The highest BCUT2D eigenvalue weighted by atomic mass is 32.2. The van der Waals surface area contributed by atoms with Crippen LogP contribution >= 0.6 is 82.3 Å². The molecule has 0 saturated heterocycles. The monoisotopic (exact) mass is 718 g/mol. The van der Waals surface area contributed by atoms with E-state index in [1.807, 2.05) is 0 Å². The molecule has 0 fully saturated rings. The quantitative estimate of drug-likeness (QED) is 0.0233. The number of aliphatic hydroxyl groups is 2. The van der Waals surface area contributed by atoms with Gasteiger partial charge < -0.3 is 30.5 Å². The van der Waals surface area contributed by atoms with Gasteiger partial charge in [-0.2, -0.15) is 4.89 Å². The molecule has 0 radical (unpaired) electrons. The van der Waals surface area contributed by atoms with Crippen LogP contribution in [0.15, 0.2) is 9.98 Å². The molecule has 4 N–H and O–H groups in total. The number of nitrogens with zero attached hydrogens (tertiary/aromatic N) is 2. The zero-order chi connectivity index (χ0) is 29.4. The molecular weight excluding hydrogens is 681 g/mol. The number of aliphatic imine (C=N–C) groups is 2. The molecule has 20 heteroatoms. The topological polar surface area (TPSA) is 168 Å². The molecule has 1 unspecified atom stereocenters. The van der Waals surface area contributed by atoms with Crippen molar-refractivity contribution in [1.82, 2.24) is 10.6 Å². The summed E-state index contributed by atoms with van der Waals surface area (Å²) < 4.78 is 16.4. The molecule has 0 bridgehead atoms. The van der Waals surface area contributed by atoms with Gasteiger partial charge in [-0.05, 0) is 0 Å². The summed E-state index contributed by atoms with van der Waals surface area (Å²) in [5, 5.41) is 22.6. The van der Waals surface area contributed by atoms with Gasteiger partial charge in [-0.15, -0.1) is 70.6 Å². The Morgan fingerprint density at radius 3 is 2.10 bits per heavy atom. The maximum absolute atomic E-state index is 11.6. The van der Waals surface area contributed by atoms with Gasteiger partial charge in [-0.25, -0.2) is 9.79 Å². The van der Waals surface area contributed by atoms with Crippen molar-refractivity contribution in [2.24, 2.45) is 9.98 Å². The molecule has 0 saturated carbocycles. The van der Waals surface area contributed by atoms with E-state index in [0.717, 1.165) is 46.3 Å². The smallest absolute Gasteiger partial charge is 0.408 e. The second kappa shape index (κ2) is 33.9. The van der Waals surface area contributed by atoms with Crippen LogP contribution in [0.3, 0.4) is 0 Å². The van der Waals surface area contributed by atoms with Crippen molar-refractivity contribution in [2.45, 2.75) is 0 Å². The number of nitrogens with one attached hydrogen (secondary N) is 2. The van der Waals surface area contributed by atoms with E-state index in [0.29, 0.717) is 35.2 Å². The fourth-order valence-electron chi connectivity index (χ4n) is 1.82. The fourth-order valence-corrected chi connectivity index (χ4v) is 7.70. The maximum Gasteiger partial charge on any atom is 0.408 e. The average molecular weight is 719 g/mol. The number of alkyl carbamates (subject to hydrolysis) is 1. The standard InChI is InChI=1S/C20H38N4O8S8/c25-1-3-39-20(28)24-15-36-7-4-33-12-21-11-31-32-18-38-9-8-37-17-30-19(27)23-14-35-6-5-34-13-22-16-40(29)10-2-26/h11,16,25-26H,1-10,12-15,17-18H2,(H,23,27)(H,24,28)/b21-11+,22-16-. The minimum atomic E-state index is -1.20. The van der Waals surface area contributed by atoms with Crippen molar-refractivity contribution in [3.63, 3.8) is 0 Å². The Balaban J connectivity index is 3.29. The van der Waals surface area contributed by atoms with Gasteiger partial charge in [-0.1, -0.05) is 11.8 Å². The molecule has 0 spiro atoms. The maximum atomic E-state index is 11.6. The van der Waals surface area contributed by atoms with Crippen molar-refractivity contribution in [3.8, 4) is 0 Å². The van der Waals surface area contributed by atoms with Crippen molar-refractivity contribution < 1.29 is 38.5 Å². The summed E-state index contributed by atoms with van der Waals surface area (Å²) in [7, 11) is -1.20. The SMILES string of the molecule is O=C(NCSCCSC/N=C\S(=O)CCO)OCSCCSCOO/C=N/CSCCSCNC(=O)SCCO.